The van der Waals surface area contributed by atoms with Crippen LogP contribution in [0.4, 0.5) is 0 Å². The third-order valence-electron chi connectivity index (χ3n) is 6.32. The number of hydrazine groups is 1. The SMILES string of the molecule is O=S(=O)(c1ccccc1)N1NC(c2ccccc2)=C[C@H]1c1cn(-c2ccccc2)nc1-c1ccccc1. The first-order valence-electron chi connectivity index (χ1n) is 11.9. The average Bonchev–Trinajstić information content (AvgIpc) is 3.61. The summed E-state index contributed by atoms with van der Waals surface area (Å²) in [5.41, 5.74) is 8.10. The molecule has 0 aliphatic carbocycles. The van der Waals surface area contributed by atoms with Crippen LogP contribution in [0.3, 0.4) is 0 Å². The van der Waals surface area contributed by atoms with Gasteiger partial charge in [-0.2, -0.15) is 5.10 Å². The van der Waals surface area contributed by atoms with Gasteiger partial charge in [-0.1, -0.05) is 97.1 Å². The van der Waals surface area contributed by atoms with E-state index in [9.17, 15) is 8.42 Å². The lowest BCUT2D eigenvalue weighted by Gasteiger charge is -2.24. The normalized spacial score (nSPS) is 15.8. The molecule has 0 amide bonds. The van der Waals surface area contributed by atoms with Gasteiger partial charge in [-0.15, -0.1) is 4.41 Å². The van der Waals surface area contributed by atoms with Crippen LogP contribution in [0.1, 0.15) is 17.2 Å². The number of sulfonamides is 1. The first-order chi connectivity index (χ1) is 18.1. The zero-order valence-corrected chi connectivity index (χ0v) is 20.7. The van der Waals surface area contributed by atoms with E-state index in [2.05, 4.69) is 5.43 Å². The number of benzene rings is 4. The summed E-state index contributed by atoms with van der Waals surface area (Å²) in [7, 11) is -3.90. The number of hydrogen-bond donors (Lipinski definition) is 1. The molecule has 0 saturated heterocycles. The van der Waals surface area contributed by atoms with Crippen LogP contribution in [0.5, 0.6) is 0 Å². The minimum atomic E-state index is -3.90. The lowest BCUT2D eigenvalue weighted by Crippen LogP contribution is -2.39. The Hall–Kier alpha value is -4.46. The molecular formula is C30H24N4O2S. The molecular weight excluding hydrogens is 480 g/mol. The molecule has 2 heterocycles. The Morgan fingerprint density at radius 1 is 0.676 bits per heavy atom. The Balaban J connectivity index is 1.54. The van der Waals surface area contributed by atoms with Crippen LogP contribution >= 0.6 is 0 Å². The summed E-state index contributed by atoms with van der Waals surface area (Å²) in [6.45, 7) is 0. The predicted molar refractivity (Wildman–Crippen MR) is 145 cm³/mol. The predicted octanol–water partition coefficient (Wildman–Crippen LogP) is 5.83. The summed E-state index contributed by atoms with van der Waals surface area (Å²) in [5.74, 6) is 0. The molecule has 1 aromatic heterocycles. The van der Waals surface area contributed by atoms with Gasteiger partial charge in [0.25, 0.3) is 10.0 Å². The molecule has 1 aliphatic rings. The molecule has 6 nitrogen and oxygen atoms in total. The van der Waals surface area contributed by atoms with Gasteiger partial charge >= 0.3 is 0 Å². The van der Waals surface area contributed by atoms with Crippen molar-refractivity contribution in [1.82, 2.24) is 19.6 Å². The number of aromatic nitrogens is 2. The summed E-state index contributed by atoms with van der Waals surface area (Å²) in [6, 6.07) is 37.2. The summed E-state index contributed by atoms with van der Waals surface area (Å²) in [6.07, 6.45) is 3.87. The molecule has 1 N–H and O–H groups in total. The summed E-state index contributed by atoms with van der Waals surface area (Å²) in [4.78, 5) is 0.215. The van der Waals surface area contributed by atoms with Gasteiger partial charge in [0, 0.05) is 17.3 Å². The second-order valence-corrected chi connectivity index (χ2v) is 10.5. The molecule has 182 valence electrons. The van der Waals surface area contributed by atoms with E-state index in [0.29, 0.717) is 0 Å². The highest BCUT2D eigenvalue weighted by atomic mass is 32.2. The molecule has 1 atom stereocenters. The van der Waals surface area contributed by atoms with Crippen molar-refractivity contribution >= 4 is 15.7 Å². The van der Waals surface area contributed by atoms with E-state index < -0.39 is 16.1 Å². The first-order valence-corrected chi connectivity index (χ1v) is 13.4. The zero-order valence-electron chi connectivity index (χ0n) is 19.8. The van der Waals surface area contributed by atoms with Crippen molar-refractivity contribution in [2.45, 2.75) is 10.9 Å². The van der Waals surface area contributed by atoms with Crippen molar-refractivity contribution in [3.05, 3.63) is 145 Å². The van der Waals surface area contributed by atoms with Crippen molar-refractivity contribution in [3.63, 3.8) is 0 Å². The lowest BCUT2D eigenvalue weighted by atomic mass is 10.0. The van der Waals surface area contributed by atoms with Gasteiger partial charge in [-0.05, 0) is 35.9 Å². The fourth-order valence-electron chi connectivity index (χ4n) is 4.50. The molecule has 0 spiro atoms. The van der Waals surface area contributed by atoms with Crippen LogP contribution in [0.25, 0.3) is 22.6 Å². The molecule has 37 heavy (non-hydrogen) atoms. The van der Waals surface area contributed by atoms with E-state index >= 15 is 0 Å². The van der Waals surface area contributed by atoms with E-state index in [0.717, 1.165) is 33.8 Å². The number of hydrogen-bond acceptors (Lipinski definition) is 4. The maximum Gasteiger partial charge on any atom is 0.260 e. The summed E-state index contributed by atoms with van der Waals surface area (Å²) < 4.78 is 31.0. The van der Waals surface area contributed by atoms with Crippen LogP contribution in [0.2, 0.25) is 0 Å². The minimum absolute atomic E-state index is 0.215. The molecule has 0 fully saturated rings. The average molecular weight is 505 g/mol. The molecule has 4 aromatic carbocycles. The highest BCUT2D eigenvalue weighted by molar-refractivity contribution is 7.89. The van der Waals surface area contributed by atoms with E-state index in [-0.39, 0.29) is 4.90 Å². The van der Waals surface area contributed by atoms with Gasteiger partial charge in [0.05, 0.1) is 28.0 Å². The third kappa shape index (κ3) is 4.35. The zero-order chi connectivity index (χ0) is 25.2. The third-order valence-corrected chi connectivity index (χ3v) is 8.03. The second-order valence-electron chi connectivity index (χ2n) is 8.70. The van der Waals surface area contributed by atoms with Crippen LogP contribution in [-0.4, -0.2) is 22.6 Å². The molecule has 0 bridgehead atoms. The number of nitrogens with zero attached hydrogens (tertiary/aromatic N) is 3. The van der Waals surface area contributed by atoms with Gasteiger partial charge in [0.1, 0.15) is 0 Å². The van der Waals surface area contributed by atoms with Crippen molar-refractivity contribution < 1.29 is 8.42 Å². The van der Waals surface area contributed by atoms with Gasteiger partial charge < -0.3 is 5.43 Å². The van der Waals surface area contributed by atoms with E-state index in [1.54, 1.807) is 35.0 Å². The molecule has 1 aliphatic heterocycles. The highest BCUT2D eigenvalue weighted by Gasteiger charge is 2.39. The van der Waals surface area contributed by atoms with E-state index in [4.69, 9.17) is 5.10 Å². The fraction of sp³-hybridized carbons (Fsp3) is 0.0333. The van der Waals surface area contributed by atoms with Crippen molar-refractivity contribution in [2.24, 2.45) is 0 Å². The molecule has 0 radical (unpaired) electrons. The van der Waals surface area contributed by atoms with Crippen LogP contribution in [0.15, 0.2) is 138 Å². The summed E-state index contributed by atoms with van der Waals surface area (Å²) >= 11 is 0. The van der Waals surface area contributed by atoms with Gasteiger partial charge in [0.2, 0.25) is 0 Å². The largest absolute Gasteiger partial charge is 0.304 e. The van der Waals surface area contributed by atoms with Gasteiger partial charge in [0.15, 0.2) is 0 Å². The van der Waals surface area contributed by atoms with Crippen LogP contribution in [0, 0.1) is 0 Å². The van der Waals surface area contributed by atoms with Crippen molar-refractivity contribution in [3.8, 4) is 16.9 Å². The topological polar surface area (TPSA) is 67.2 Å². The molecule has 7 heteroatoms. The Morgan fingerprint density at radius 2 is 1.22 bits per heavy atom. The van der Waals surface area contributed by atoms with Crippen molar-refractivity contribution in [1.29, 1.82) is 0 Å². The number of nitrogens with one attached hydrogen (secondary N) is 1. The Morgan fingerprint density at radius 3 is 1.84 bits per heavy atom. The number of rotatable bonds is 6. The Labute approximate surface area is 216 Å². The second kappa shape index (κ2) is 9.54. The van der Waals surface area contributed by atoms with Crippen molar-refractivity contribution in [2.75, 3.05) is 0 Å². The maximum atomic E-state index is 13.9. The van der Waals surface area contributed by atoms with E-state index in [1.165, 1.54) is 4.41 Å². The van der Waals surface area contributed by atoms with Crippen LogP contribution < -0.4 is 5.43 Å². The minimum Gasteiger partial charge on any atom is -0.304 e. The Kier molecular flexibility index (Phi) is 5.92. The summed E-state index contributed by atoms with van der Waals surface area (Å²) in [5, 5.41) is 4.92. The van der Waals surface area contributed by atoms with Gasteiger partial charge in [-0.3, -0.25) is 0 Å². The van der Waals surface area contributed by atoms with Crippen LogP contribution in [-0.2, 0) is 10.0 Å². The van der Waals surface area contributed by atoms with Gasteiger partial charge in [-0.25, -0.2) is 13.1 Å². The Bertz CT molecular complexity index is 1650. The molecule has 0 saturated carbocycles. The monoisotopic (exact) mass is 504 g/mol. The number of para-hydroxylation sites is 1. The first kappa shape index (κ1) is 23.0. The van der Waals surface area contributed by atoms with E-state index in [1.807, 2.05) is 103 Å². The molecule has 5 aromatic rings. The highest BCUT2D eigenvalue weighted by Crippen LogP contribution is 2.39. The molecule has 0 unspecified atom stereocenters. The fourth-order valence-corrected chi connectivity index (χ4v) is 5.92. The lowest BCUT2D eigenvalue weighted by molar-refractivity contribution is 0.348. The standard InChI is InChI=1S/C30H24N4O2S/c35-37(36,26-19-11-4-12-20-26)34-29(21-28(31-34)23-13-5-1-6-14-23)27-22-33(25-17-9-3-10-18-25)32-30(27)24-15-7-2-8-16-24/h1-22,29,31H/t29-/m0/s1. The maximum absolute atomic E-state index is 13.9. The molecule has 6 rings (SSSR count). The quantitative estimate of drug-likeness (QED) is 0.316. The smallest absolute Gasteiger partial charge is 0.260 e.